The first kappa shape index (κ1) is 18.8. The molecule has 0 bridgehead atoms. The first-order valence-electron chi connectivity index (χ1n) is 8.78. The molecule has 0 aliphatic carbocycles. The van der Waals surface area contributed by atoms with Gasteiger partial charge in [-0.05, 0) is 23.0 Å². The minimum Gasteiger partial charge on any atom is -0.496 e. The average Bonchev–Trinajstić information content (AvgIpc) is 2.52. The summed E-state index contributed by atoms with van der Waals surface area (Å²) in [5, 5.41) is 3.30. The van der Waals surface area contributed by atoms with Crippen LogP contribution in [0.15, 0.2) is 12.1 Å². The van der Waals surface area contributed by atoms with Crippen molar-refractivity contribution in [3.63, 3.8) is 0 Å². The highest BCUT2D eigenvalue weighted by Gasteiger charge is 2.29. The number of methoxy groups -OCH3 is 1. The van der Waals surface area contributed by atoms with Gasteiger partial charge in [-0.3, -0.25) is 4.79 Å². The van der Waals surface area contributed by atoms with E-state index in [0.717, 1.165) is 48.6 Å². The Hall–Kier alpha value is -1.55. The van der Waals surface area contributed by atoms with Crippen molar-refractivity contribution in [2.45, 2.75) is 52.4 Å². The van der Waals surface area contributed by atoms with Crippen LogP contribution in [-0.4, -0.2) is 44.1 Å². The smallest absolute Gasteiger partial charge is 0.253 e. The molecule has 1 aromatic carbocycles. The lowest BCUT2D eigenvalue weighted by molar-refractivity contribution is 0.0735. The number of hydrogen-bond donors (Lipinski definition) is 1. The summed E-state index contributed by atoms with van der Waals surface area (Å²) < 4.78 is 5.77. The van der Waals surface area contributed by atoms with Gasteiger partial charge in [0.1, 0.15) is 5.75 Å². The first-order chi connectivity index (χ1) is 11.1. The van der Waals surface area contributed by atoms with Gasteiger partial charge < -0.3 is 15.0 Å². The third-order valence-electron chi connectivity index (χ3n) is 4.56. The molecule has 0 atom stereocenters. The second kappa shape index (κ2) is 6.75. The van der Waals surface area contributed by atoms with Gasteiger partial charge in [-0.25, -0.2) is 0 Å². The number of carbonyl (C=O) groups excluding carboxylic acids is 1. The average molecular weight is 332 g/mol. The van der Waals surface area contributed by atoms with Crippen molar-refractivity contribution in [3.8, 4) is 5.75 Å². The summed E-state index contributed by atoms with van der Waals surface area (Å²) >= 11 is 0. The van der Waals surface area contributed by atoms with Crippen molar-refractivity contribution in [2.24, 2.45) is 0 Å². The number of carbonyl (C=O) groups is 1. The Bertz CT molecular complexity index is 568. The number of nitrogens with one attached hydrogen (secondary N) is 1. The van der Waals surface area contributed by atoms with E-state index in [-0.39, 0.29) is 16.7 Å². The van der Waals surface area contributed by atoms with Crippen LogP contribution in [0.25, 0.3) is 0 Å². The Balaban J connectivity index is 2.58. The Kier molecular flexibility index (Phi) is 5.28. The minimum atomic E-state index is -0.0922. The number of benzene rings is 1. The Morgan fingerprint density at radius 3 is 1.83 bits per heavy atom. The molecule has 4 heteroatoms. The summed E-state index contributed by atoms with van der Waals surface area (Å²) in [6.45, 7) is 16.2. The maximum atomic E-state index is 13.0. The fourth-order valence-corrected chi connectivity index (χ4v) is 3.14. The minimum absolute atomic E-state index is 0.0922. The van der Waals surface area contributed by atoms with Gasteiger partial charge >= 0.3 is 0 Å². The van der Waals surface area contributed by atoms with E-state index in [9.17, 15) is 4.79 Å². The highest BCUT2D eigenvalue weighted by molar-refractivity contribution is 5.95. The number of rotatable bonds is 2. The maximum Gasteiger partial charge on any atom is 0.253 e. The summed E-state index contributed by atoms with van der Waals surface area (Å²) in [5.41, 5.74) is 2.77. The van der Waals surface area contributed by atoms with Crippen molar-refractivity contribution in [3.05, 3.63) is 28.8 Å². The van der Waals surface area contributed by atoms with Crippen LogP contribution in [0.5, 0.6) is 5.75 Å². The molecule has 2 rings (SSSR count). The summed E-state index contributed by atoms with van der Waals surface area (Å²) in [6, 6.07) is 4.05. The summed E-state index contributed by atoms with van der Waals surface area (Å²) in [6.07, 6.45) is 0. The Labute approximate surface area is 146 Å². The summed E-state index contributed by atoms with van der Waals surface area (Å²) in [5.74, 6) is 1.03. The molecular formula is C20H32N2O2. The van der Waals surface area contributed by atoms with Gasteiger partial charge in [-0.2, -0.15) is 0 Å². The van der Waals surface area contributed by atoms with Crippen LogP contribution in [-0.2, 0) is 10.8 Å². The molecule has 24 heavy (non-hydrogen) atoms. The van der Waals surface area contributed by atoms with Crippen LogP contribution < -0.4 is 10.1 Å². The van der Waals surface area contributed by atoms with Crippen molar-refractivity contribution in [1.29, 1.82) is 0 Å². The van der Waals surface area contributed by atoms with Gasteiger partial charge in [0, 0.05) is 42.9 Å². The predicted molar refractivity (Wildman–Crippen MR) is 99.2 cm³/mol. The van der Waals surface area contributed by atoms with Crippen LogP contribution in [0.1, 0.15) is 63.0 Å². The molecule has 0 aromatic heterocycles. The fraction of sp³-hybridized carbons (Fsp3) is 0.650. The number of piperazine rings is 1. The van der Waals surface area contributed by atoms with E-state index in [4.69, 9.17) is 4.74 Å². The third kappa shape index (κ3) is 3.92. The highest BCUT2D eigenvalue weighted by atomic mass is 16.5. The first-order valence-corrected chi connectivity index (χ1v) is 8.78. The molecule has 1 aliphatic heterocycles. The second-order valence-electron chi connectivity index (χ2n) is 8.65. The van der Waals surface area contributed by atoms with Crippen molar-refractivity contribution in [1.82, 2.24) is 10.2 Å². The number of amides is 1. The summed E-state index contributed by atoms with van der Waals surface area (Å²) in [4.78, 5) is 15.0. The van der Waals surface area contributed by atoms with E-state index < -0.39 is 0 Å². The Morgan fingerprint density at radius 1 is 1.00 bits per heavy atom. The predicted octanol–water partition coefficient (Wildman–Crippen LogP) is 3.34. The molecule has 1 amide bonds. The highest BCUT2D eigenvalue weighted by Crippen LogP contribution is 2.40. The molecule has 0 saturated carbocycles. The van der Waals surface area contributed by atoms with Crippen molar-refractivity contribution < 1.29 is 9.53 Å². The molecule has 0 spiro atoms. The standard InChI is InChI=1S/C20H32N2O2/c1-19(2,3)15-12-14(18(23)22-10-8-21-9-11-22)13-16(17(15)24-7)20(4,5)6/h12-13,21H,8-11H2,1-7H3. The van der Waals surface area contributed by atoms with Crippen LogP contribution in [0, 0.1) is 0 Å². The van der Waals surface area contributed by atoms with Crippen LogP contribution in [0.4, 0.5) is 0 Å². The van der Waals surface area contributed by atoms with E-state index in [1.807, 2.05) is 17.0 Å². The molecule has 1 aromatic rings. The van der Waals surface area contributed by atoms with Crippen LogP contribution >= 0.6 is 0 Å². The zero-order valence-corrected chi connectivity index (χ0v) is 16.2. The van der Waals surface area contributed by atoms with Crippen LogP contribution in [0.2, 0.25) is 0 Å². The van der Waals surface area contributed by atoms with Gasteiger partial charge in [0.25, 0.3) is 5.91 Å². The number of nitrogens with zero attached hydrogens (tertiary/aromatic N) is 1. The molecule has 4 nitrogen and oxygen atoms in total. The molecule has 0 unspecified atom stereocenters. The monoisotopic (exact) mass is 332 g/mol. The van der Waals surface area contributed by atoms with E-state index in [1.165, 1.54) is 0 Å². The largest absolute Gasteiger partial charge is 0.496 e. The number of hydrogen-bond acceptors (Lipinski definition) is 3. The van der Waals surface area contributed by atoms with E-state index in [0.29, 0.717) is 0 Å². The lowest BCUT2D eigenvalue weighted by atomic mass is 9.78. The Morgan fingerprint density at radius 2 is 1.46 bits per heavy atom. The van der Waals surface area contributed by atoms with Crippen LogP contribution in [0.3, 0.4) is 0 Å². The molecule has 1 N–H and O–H groups in total. The van der Waals surface area contributed by atoms with E-state index >= 15 is 0 Å². The maximum absolute atomic E-state index is 13.0. The fourth-order valence-electron chi connectivity index (χ4n) is 3.14. The summed E-state index contributed by atoms with van der Waals surface area (Å²) in [7, 11) is 1.72. The zero-order valence-electron chi connectivity index (χ0n) is 16.2. The number of ether oxygens (including phenoxy) is 1. The van der Waals surface area contributed by atoms with Gasteiger partial charge in [0.15, 0.2) is 0 Å². The van der Waals surface area contributed by atoms with E-state index in [1.54, 1.807) is 7.11 Å². The van der Waals surface area contributed by atoms with Gasteiger partial charge in [0.2, 0.25) is 0 Å². The zero-order chi connectivity index (χ0) is 18.1. The third-order valence-corrected chi connectivity index (χ3v) is 4.56. The molecule has 0 radical (unpaired) electrons. The lowest BCUT2D eigenvalue weighted by Crippen LogP contribution is -2.46. The van der Waals surface area contributed by atoms with Crippen molar-refractivity contribution >= 4 is 5.91 Å². The SMILES string of the molecule is COc1c(C(C)(C)C)cc(C(=O)N2CCNCC2)cc1C(C)(C)C. The van der Waals surface area contributed by atoms with E-state index in [2.05, 4.69) is 46.9 Å². The normalized spacial score (nSPS) is 16.2. The lowest BCUT2D eigenvalue weighted by Gasteiger charge is -2.32. The molecule has 134 valence electrons. The van der Waals surface area contributed by atoms with Gasteiger partial charge in [-0.15, -0.1) is 0 Å². The van der Waals surface area contributed by atoms with Gasteiger partial charge in [0.05, 0.1) is 7.11 Å². The van der Waals surface area contributed by atoms with Crippen molar-refractivity contribution in [2.75, 3.05) is 33.3 Å². The molecule has 1 saturated heterocycles. The molecule has 1 heterocycles. The molecule has 1 fully saturated rings. The molecule has 1 aliphatic rings. The second-order valence-corrected chi connectivity index (χ2v) is 8.65. The topological polar surface area (TPSA) is 41.6 Å². The molecular weight excluding hydrogens is 300 g/mol. The van der Waals surface area contributed by atoms with Gasteiger partial charge in [-0.1, -0.05) is 41.5 Å². The quantitative estimate of drug-likeness (QED) is 0.903.